The third kappa shape index (κ3) is 3.79. The van der Waals surface area contributed by atoms with Crippen LogP contribution >= 0.6 is 0 Å². The van der Waals surface area contributed by atoms with Gasteiger partial charge in [-0.3, -0.25) is 4.79 Å². The zero-order chi connectivity index (χ0) is 15.4. The van der Waals surface area contributed by atoms with Crippen molar-refractivity contribution in [2.45, 2.75) is 19.9 Å². The average Bonchev–Trinajstić information content (AvgIpc) is 2.42. The van der Waals surface area contributed by atoms with E-state index < -0.39 is 5.82 Å². The zero-order valence-electron chi connectivity index (χ0n) is 11.9. The highest BCUT2D eigenvalue weighted by Crippen LogP contribution is 2.31. The van der Waals surface area contributed by atoms with Crippen LogP contribution in [0.15, 0.2) is 42.5 Å². The molecule has 0 spiro atoms. The normalized spacial score (nSPS) is 11.8. The molecule has 5 heteroatoms. The van der Waals surface area contributed by atoms with Gasteiger partial charge in [-0.1, -0.05) is 18.2 Å². The molecule has 0 aliphatic carbocycles. The minimum absolute atomic E-state index is 0.0807. The molecular weight excluding hydrogens is 271 g/mol. The van der Waals surface area contributed by atoms with Crippen molar-refractivity contribution in [1.29, 1.82) is 0 Å². The average molecular weight is 288 g/mol. The Labute approximate surface area is 122 Å². The van der Waals surface area contributed by atoms with Gasteiger partial charge in [0.2, 0.25) is 5.91 Å². The van der Waals surface area contributed by atoms with Gasteiger partial charge >= 0.3 is 0 Å². The number of nitrogens with one attached hydrogen (secondary N) is 1. The van der Waals surface area contributed by atoms with Gasteiger partial charge in [0.1, 0.15) is 0 Å². The van der Waals surface area contributed by atoms with E-state index in [0.717, 1.165) is 0 Å². The van der Waals surface area contributed by atoms with Crippen molar-refractivity contribution in [3.05, 3.63) is 53.8 Å². The summed E-state index contributed by atoms with van der Waals surface area (Å²) >= 11 is 0. The summed E-state index contributed by atoms with van der Waals surface area (Å²) in [5.74, 6) is -0.265. The van der Waals surface area contributed by atoms with E-state index >= 15 is 0 Å². The number of hydrogen-bond acceptors (Lipinski definition) is 3. The maximum Gasteiger partial charge on any atom is 0.221 e. The summed E-state index contributed by atoms with van der Waals surface area (Å²) < 4.78 is 19.6. The number of nitrogens with two attached hydrogens (primary N) is 1. The minimum Gasteiger partial charge on any atom is -0.452 e. The van der Waals surface area contributed by atoms with Crippen LogP contribution in [-0.2, 0) is 4.79 Å². The van der Waals surface area contributed by atoms with Gasteiger partial charge in [0.25, 0.3) is 0 Å². The van der Waals surface area contributed by atoms with E-state index in [-0.39, 0.29) is 17.7 Å². The monoisotopic (exact) mass is 288 g/mol. The van der Waals surface area contributed by atoms with Gasteiger partial charge in [-0.15, -0.1) is 0 Å². The smallest absolute Gasteiger partial charge is 0.221 e. The molecule has 21 heavy (non-hydrogen) atoms. The van der Waals surface area contributed by atoms with Gasteiger partial charge in [-0.05, 0) is 36.8 Å². The Balaban J connectivity index is 2.28. The summed E-state index contributed by atoms with van der Waals surface area (Å²) in [5, 5.41) is 2.64. The SMILES string of the molecule is CC(=O)Nc1ccccc1Oc1ccc(C(C)N)cc1F. The molecule has 1 atom stereocenters. The van der Waals surface area contributed by atoms with E-state index in [0.29, 0.717) is 17.0 Å². The Morgan fingerprint density at radius 3 is 2.57 bits per heavy atom. The molecule has 0 fully saturated rings. The highest BCUT2D eigenvalue weighted by Gasteiger charge is 2.11. The lowest BCUT2D eigenvalue weighted by Crippen LogP contribution is -2.07. The molecule has 0 aromatic heterocycles. The van der Waals surface area contributed by atoms with E-state index in [1.54, 1.807) is 37.3 Å². The third-order valence-corrected chi connectivity index (χ3v) is 2.90. The fourth-order valence-electron chi connectivity index (χ4n) is 1.85. The number of ether oxygens (including phenoxy) is 1. The van der Waals surface area contributed by atoms with E-state index in [9.17, 15) is 9.18 Å². The minimum atomic E-state index is -0.498. The van der Waals surface area contributed by atoms with Crippen LogP contribution in [0.3, 0.4) is 0 Å². The first-order valence-corrected chi connectivity index (χ1v) is 6.57. The number of hydrogen-bond donors (Lipinski definition) is 2. The van der Waals surface area contributed by atoms with Crippen molar-refractivity contribution in [3.8, 4) is 11.5 Å². The molecule has 0 saturated carbocycles. The Morgan fingerprint density at radius 2 is 1.95 bits per heavy atom. The Morgan fingerprint density at radius 1 is 1.24 bits per heavy atom. The third-order valence-electron chi connectivity index (χ3n) is 2.90. The van der Waals surface area contributed by atoms with E-state index in [2.05, 4.69) is 5.32 Å². The van der Waals surface area contributed by atoms with Gasteiger partial charge in [0, 0.05) is 13.0 Å². The molecule has 0 radical (unpaired) electrons. The predicted molar refractivity (Wildman–Crippen MR) is 79.8 cm³/mol. The van der Waals surface area contributed by atoms with Crippen LogP contribution < -0.4 is 15.8 Å². The molecule has 0 saturated heterocycles. The molecule has 0 aliphatic rings. The van der Waals surface area contributed by atoms with Crippen LogP contribution in [0, 0.1) is 5.82 Å². The second-order valence-corrected chi connectivity index (χ2v) is 4.76. The summed E-state index contributed by atoms with van der Waals surface area (Å²) in [5.41, 5.74) is 6.89. The van der Waals surface area contributed by atoms with Crippen molar-refractivity contribution in [3.63, 3.8) is 0 Å². The highest BCUT2D eigenvalue weighted by molar-refractivity contribution is 5.90. The van der Waals surface area contributed by atoms with Gasteiger partial charge in [-0.2, -0.15) is 0 Å². The number of halogens is 1. The van der Waals surface area contributed by atoms with Crippen molar-refractivity contribution >= 4 is 11.6 Å². The lowest BCUT2D eigenvalue weighted by molar-refractivity contribution is -0.114. The van der Waals surface area contributed by atoms with E-state index in [4.69, 9.17) is 10.5 Å². The Bertz CT molecular complexity index is 656. The molecule has 2 rings (SSSR count). The van der Waals surface area contributed by atoms with Crippen LogP contribution in [0.4, 0.5) is 10.1 Å². The van der Waals surface area contributed by atoms with Crippen molar-refractivity contribution < 1.29 is 13.9 Å². The fourth-order valence-corrected chi connectivity index (χ4v) is 1.85. The molecule has 110 valence electrons. The highest BCUT2D eigenvalue weighted by atomic mass is 19.1. The second kappa shape index (κ2) is 6.37. The van der Waals surface area contributed by atoms with Crippen LogP contribution in [-0.4, -0.2) is 5.91 Å². The maximum absolute atomic E-state index is 14.0. The number of benzene rings is 2. The quantitative estimate of drug-likeness (QED) is 0.903. The number of para-hydroxylation sites is 2. The molecule has 0 aliphatic heterocycles. The zero-order valence-corrected chi connectivity index (χ0v) is 11.9. The summed E-state index contributed by atoms with van der Waals surface area (Å²) in [6, 6.07) is 11.2. The van der Waals surface area contributed by atoms with Crippen molar-refractivity contribution in [1.82, 2.24) is 0 Å². The number of rotatable bonds is 4. The predicted octanol–water partition coefficient (Wildman–Crippen LogP) is 3.60. The van der Waals surface area contributed by atoms with Gasteiger partial charge in [-0.25, -0.2) is 4.39 Å². The number of anilines is 1. The van der Waals surface area contributed by atoms with Crippen molar-refractivity contribution in [2.75, 3.05) is 5.32 Å². The van der Waals surface area contributed by atoms with Crippen LogP contribution in [0.2, 0.25) is 0 Å². The van der Waals surface area contributed by atoms with Crippen LogP contribution in [0.5, 0.6) is 11.5 Å². The number of carbonyl (C=O) groups is 1. The van der Waals surface area contributed by atoms with E-state index in [1.165, 1.54) is 19.1 Å². The lowest BCUT2D eigenvalue weighted by atomic mass is 10.1. The molecule has 3 N–H and O–H groups in total. The van der Waals surface area contributed by atoms with Crippen LogP contribution in [0.25, 0.3) is 0 Å². The molecule has 2 aromatic rings. The number of carbonyl (C=O) groups excluding carboxylic acids is 1. The molecular formula is C16H17FN2O2. The summed E-state index contributed by atoms with van der Waals surface area (Å²) in [7, 11) is 0. The second-order valence-electron chi connectivity index (χ2n) is 4.76. The van der Waals surface area contributed by atoms with E-state index in [1.807, 2.05) is 0 Å². The molecule has 4 nitrogen and oxygen atoms in total. The summed E-state index contributed by atoms with van der Waals surface area (Å²) in [6.45, 7) is 3.18. The largest absolute Gasteiger partial charge is 0.452 e. The Kier molecular flexibility index (Phi) is 4.55. The van der Waals surface area contributed by atoms with Crippen molar-refractivity contribution in [2.24, 2.45) is 5.73 Å². The fraction of sp³-hybridized carbons (Fsp3) is 0.188. The molecule has 2 aromatic carbocycles. The van der Waals surface area contributed by atoms with Gasteiger partial charge < -0.3 is 15.8 Å². The molecule has 1 amide bonds. The summed E-state index contributed by atoms with van der Waals surface area (Å²) in [6.07, 6.45) is 0. The molecule has 1 unspecified atom stereocenters. The summed E-state index contributed by atoms with van der Waals surface area (Å²) in [4.78, 5) is 11.1. The lowest BCUT2D eigenvalue weighted by Gasteiger charge is -2.13. The van der Waals surface area contributed by atoms with Gasteiger partial charge in [0.15, 0.2) is 17.3 Å². The number of amides is 1. The maximum atomic E-state index is 14.0. The molecule has 0 bridgehead atoms. The molecule has 0 heterocycles. The topological polar surface area (TPSA) is 64.3 Å². The first-order valence-electron chi connectivity index (χ1n) is 6.57. The first-order chi connectivity index (χ1) is 9.97. The Hall–Kier alpha value is -2.40. The van der Waals surface area contributed by atoms with Gasteiger partial charge in [0.05, 0.1) is 5.69 Å². The first kappa shape index (κ1) is 15.0. The van der Waals surface area contributed by atoms with Crippen LogP contribution in [0.1, 0.15) is 25.5 Å². The standard InChI is InChI=1S/C16H17FN2O2/c1-10(18)12-7-8-15(13(17)9-12)21-16-6-4-3-5-14(16)19-11(2)20/h3-10H,18H2,1-2H3,(H,19,20).